The van der Waals surface area contributed by atoms with Crippen LogP contribution in [0.3, 0.4) is 0 Å². The molecule has 5 nitrogen and oxygen atoms in total. The van der Waals surface area contributed by atoms with E-state index in [9.17, 15) is 14.4 Å². The van der Waals surface area contributed by atoms with Crippen LogP contribution in [0.5, 0.6) is 0 Å². The number of fused-ring (bicyclic) bond motifs is 1. The zero-order chi connectivity index (χ0) is 9.87. The van der Waals surface area contributed by atoms with Crippen molar-refractivity contribution in [2.75, 3.05) is 0 Å². The average Bonchev–Trinajstić information content (AvgIpc) is 2.45. The molecule has 0 aromatic heterocycles. The van der Waals surface area contributed by atoms with Gasteiger partial charge < -0.3 is 9.47 Å². The second-order valence-corrected chi connectivity index (χ2v) is 3.60. The van der Waals surface area contributed by atoms with E-state index in [1.807, 2.05) is 0 Å². The van der Waals surface area contributed by atoms with Gasteiger partial charge in [0.2, 0.25) is 0 Å². The average molecular weight is 194 g/mol. The zero-order valence-corrected chi connectivity index (χ0v) is 7.01. The van der Waals surface area contributed by atoms with Crippen molar-refractivity contribution in [2.45, 2.75) is 6.10 Å². The maximum absolute atomic E-state index is 11.3. The van der Waals surface area contributed by atoms with E-state index < -0.39 is 41.8 Å². The fourth-order valence-corrected chi connectivity index (χ4v) is 2.26. The van der Waals surface area contributed by atoms with Gasteiger partial charge in [-0.05, 0) is 6.08 Å². The van der Waals surface area contributed by atoms with Crippen molar-refractivity contribution in [1.82, 2.24) is 0 Å². The number of hydrogen-bond acceptors (Lipinski definition) is 5. The van der Waals surface area contributed by atoms with Gasteiger partial charge in [-0.2, -0.15) is 0 Å². The lowest BCUT2D eigenvalue weighted by Crippen LogP contribution is -2.48. The number of ether oxygens (including phenoxy) is 2. The first kappa shape index (κ1) is 7.73. The molecule has 4 aliphatic rings. The molecule has 0 aromatic carbocycles. The number of carbonyl (C=O) groups is 3. The van der Waals surface area contributed by atoms with Crippen LogP contribution in [0.15, 0.2) is 12.2 Å². The molecule has 0 spiro atoms. The lowest BCUT2D eigenvalue weighted by Gasteiger charge is -2.35. The van der Waals surface area contributed by atoms with Crippen LogP contribution in [-0.2, 0) is 23.9 Å². The van der Waals surface area contributed by atoms with Crippen molar-refractivity contribution >= 4 is 17.9 Å². The molecule has 1 aliphatic carbocycles. The SMILES string of the molecule is O=C1OC2C=CC1[C@@H]1C(=O)OC(=O)[C@H]21. The van der Waals surface area contributed by atoms with E-state index in [1.54, 1.807) is 12.2 Å². The summed E-state index contributed by atoms with van der Waals surface area (Å²) in [5.41, 5.74) is 0. The van der Waals surface area contributed by atoms with Crippen molar-refractivity contribution in [3.8, 4) is 0 Å². The quantitative estimate of drug-likeness (QED) is 0.293. The summed E-state index contributed by atoms with van der Waals surface area (Å²) in [7, 11) is 0. The van der Waals surface area contributed by atoms with Gasteiger partial charge in [0.1, 0.15) is 12.0 Å². The van der Waals surface area contributed by atoms with Gasteiger partial charge in [-0.3, -0.25) is 14.4 Å². The van der Waals surface area contributed by atoms with Crippen molar-refractivity contribution in [2.24, 2.45) is 17.8 Å². The molecule has 2 unspecified atom stereocenters. The molecule has 72 valence electrons. The Hall–Kier alpha value is -1.65. The third-order valence-electron chi connectivity index (χ3n) is 2.91. The monoisotopic (exact) mass is 194 g/mol. The Morgan fingerprint density at radius 2 is 1.64 bits per heavy atom. The minimum Gasteiger partial charge on any atom is -0.457 e. The zero-order valence-electron chi connectivity index (χ0n) is 7.01. The lowest BCUT2D eigenvalue weighted by molar-refractivity contribution is -0.168. The summed E-state index contributed by atoms with van der Waals surface area (Å²) in [5.74, 6) is -3.52. The summed E-state index contributed by atoms with van der Waals surface area (Å²) in [4.78, 5) is 33.8. The molecule has 3 aliphatic heterocycles. The lowest BCUT2D eigenvalue weighted by atomic mass is 9.73. The molecule has 0 aromatic rings. The Kier molecular flexibility index (Phi) is 1.23. The maximum atomic E-state index is 11.3. The van der Waals surface area contributed by atoms with Gasteiger partial charge in [-0.15, -0.1) is 0 Å². The molecule has 2 saturated heterocycles. The predicted octanol–water partition coefficient (Wildman–Crippen LogP) is -0.586. The van der Waals surface area contributed by atoms with E-state index in [-0.39, 0.29) is 0 Å². The van der Waals surface area contributed by atoms with E-state index in [2.05, 4.69) is 4.74 Å². The summed E-state index contributed by atoms with van der Waals surface area (Å²) in [5, 5.41) is 0. The Morgan fingerprint density at radius 1 is 0.929 bits per heavy atom. The van der Waals surface area contributed by atoms with Gasteiger partial charge in [-0.25, -0.2) is 0 Å². The van der Waals surface area contributed by atoms with Crippen LogP contribution in [0.4, 0.5) is 0 Å². The number of esters is 3. The molecule has 14 heavy (non-hydrogen) atoms. The Morgan fingerprint density at radius 3 is 2.36 bits per heavy atom. The van der Waals surface area contributed by atoms with Crippen LogP contribution >= 0.6 is 0 Å². The van der Waals surface area contributed by atoms with Crippen molar-refractivity contribution in [3.63, 3.8) is 0 Å². The van der Waals surface area contributed by atoms with E-state index in [1.165, 1.54) is 0 Å². The van der Waals surface area contributed by atoms with Gasteiger partial charge >= 0.3 is 17.9 Å². The Balaban J connectivity index is 2.10. The van der Waals surface area contributed by atoms with Crippen LogP contribution in [-0.4, -0.2) is 24.0 Å². The molecular formula is C9H6O5. The second-order valence-electron chi connectivity index (χ2n) is 3.60. The molecule has 0 saturated carbocycles. The summed E-state index contributed by atoms with van der Waals surface area (Å²) in [6.07, 6.45) is 2.65. The predicted molar refractivity (Wildman–Crippen MR) is 40.6 cm³/mol. The van der Waals surface area contributed by atoms with E-state index >= 15 is 0 Å². The van der Waals surface area contributed by atoms with Crippen LogP contribution in [0.25, 0.3) is 0 Å². The highest BCUT2D eigenvalue weighted by atomic mass is 16.6. The van der Waals surface area contributed by atoms with Gasteiger partial charge in [0.15, 0.2) is 0 Å². The molecule has 5 heteroatoms. The molecule has 0 radical (unpaired) electrons. The van der Waals surface area contributed by atoms with E-state index in [0.717, 1.165) is 0 Å². The highest BCUT2D eigenvalue weighted by molar-refractivity contribution is 6.01. The van der Waals surface area contributed by atoms with Crippen molar-refractivity contribution < 1.29 is 23.9 Å². The molecule has 2 fully saturated rings. The molecule has 4 atom stereocenters. The number of rotatable bonds is 0. The van der Waals surface area contributed by atoms with Gasteiger partial charge in [0, 0.05) is 0 Å². The first-order valence-electron chi connectivity index (χ1n) is 4.33. The van der Waals surface area contributed by atoms with Gasteiger partial charge in [0.25, 0.3) is 0 Å². The number of hydrogen-bond donors (Lipinski definition) is 0. The van der Waals surface area contributed by atoms with Crippen molar-refractivity contribution in [3.05, 3.63) is 12.2 Å². The van der Waals surface area contributed by atoms with Crippen LogP contribution in [0.1, 0.15) is 0 Å². The minimum atomic E-state index is -0.654. The van der Waals surface area contributed by atoms with Crippen LogP contribution < -0.4 is 0 Å². The van der Waals surface area contributed by atoms with Gasteiger partial charge in [0.05, 0.1) is 11.8 Å². The van der Waals surface area contributed by atoms with Crippen molar-refractivity contribution in [1.29, 1.82) is 0 Å². The summed E-state index contributed by atoms with van der Waals surface area (Å²) >= 11 is 0. The van der Waals surface area contributed by atoms with Crippen LogP contribution in [0, 0.1) is 17.8 Å². The minimum absolute atomic E-state index is 0.439. The topological polar surface area (TPSA) is 69.7 Å². The maximum Gasteiger partial charge on any atom is 0.321 e. The Labute approximate surface area is 78.7 Å². The smallest absolute Gasteiger partial charge is 0.321 e. The first-order valence-corrected chi connectivity index (χ1v) is 4.33. The molecule has 2 bridgehead atoms. The summed E-state index contributed by atoms with van der Waals surface area (Å²) in [6.45, 7) is 0. The molecular weight excluding hydrogens is 188 g/mol. The number of carbonyl (C=O) groups excluding carboxylic acids is 3. The molecule has 4 rings (SSSR count). The van der Waals surface area contributed by atoms with E-state index in [4.69, 9.17) is 4.74 Å². The standard InChI is InChI=1S/C9H6O5/c10-7-3-1-2-4(13-7)6-5(3)8(11)14-9(6)12/h1-6H/t3?,4?,5-,6+/m0/s1. The fraction of sp³-hybridized carbons (Fsp3) is 0.444. The highest BCUT2D eigenvalue weighted by Crippen LogP contribution is 2.43. The molecule has 0 amide bonds. The first-order chi connectivity index (χ1) is 6.68. The second kappa shape index (κ2) is 2.23. The largest absolute Gasteiger partial charge is 0.457 e. The molecule has 3 heterocycles. The highest BCUT2D eigenvalue weighted by Gasteiger charge is 2.59. The number of cyclic esters (lactones) is 2. The molecule has 0 N–H and O–H groups in total. The fourth-order valence-electron chi connectivity index (χ4n) is 2.26. The Bertz CT molecular complexity index is 383. The van der Waals surface area contributed by atoms with Crippen LogP contribution in [0.2, 0.25) is 0 Å². The third-order valence-corrected chi connectivity index (χ3v) is 2.91. The third kappa shape index (κ3) is 0.724. The summed E-state index contributed by atoms with van der Waals surface area (Å²) in [6, 6.07) is 0. The van der Waals surface area contributed by atoms with E-state index in [0.29, 0.717) is 0 Å². The van der Waals surface area contributed by atoms with Gasteiger partial charge in [-0.1, -0.05) is 6.08 Å². The normalized spacial score (nSPS) is 43.6. The summed E-state index contributed by atoms with van der Waals surface area (Å²) < 4.78 is 9.43.